The third kappa shape index (κ3) is 4.26. The fourth-order valence-corrected chi connectivity index (χ4v) is 3.85. The lowest BCUT2D eigenvalue weighted by Gasteiger charge is -2.39. The van der Waals surface area contributed by atoms with Crippen LogP contribution < -0.4 is 20.7 Å². The Morgan fingerprint density at radius 2 is 2.16 bits per heavy atom. The van der Waals surface area contributed by atoms with Gasteiger partial charge >= 0.3 is 6.03 Å². The average Bonchev–Trinajstić information content (AvgIpc) is 3.13. The number of pyridine rings is 1. The summed E-state index contributed by atoms with van der Waals surface area (Å²) < 4.78 is 18.9. The molecule has 8 nitrogen and oxygen atoms in total. The second kappa shape index (κ2) is 7.72. The number of benzene rings is 1. The van der Waals surface area contributed by atoms with E-state index >= 15 is 0 Å². The molecule has 1 aromatic heterocycles. The molecular weight excluding hydrogens is 399 g/mol. The number of hydrogen-bond acceptors (Lipinski definition) is 5. The zero-order chi connectivity index (χ0) is 22.2. The van der Waals surface area contributed by atoms with Gasteiger partial charge in [-0.05, 0) is 51.5 Å². The molecule has 1 unspecified atom stereocenters. The molecule has 1 saturated heterocycles. The first-order valence-corrected chi connectivity index (χ1v) is 10.2. The minimum absolute atomic E-state index is 0.130. The van der Waals surface area contributed by atoms with Gasteiger partial charge in [-0.3, -0.25) is 4.99 Å². The Morgan fingerprint density at radius 1 is 1.35 bits per heavy atom. The van der Waals surface area contributed by atoms with Gasteiger partial charge in [-0.1, -0.05) is 0 Å². The number of nitrogens with zero attached hydrogens (tertiary/aromatic N) is 3. The van der Waals surface area contributed by atoms with Crippen molar-refractivity contribution < 1.29 is 13.9 Å². The van der Waals surface area contributed by atoms with Crippen molar-refractivity contribution in [1.29, 1.82) is 0 Å². The molecule has 4 rings (SSSR count). The molecule has 2 aliphatic rings. The number of ether oxygens (including phenoxy) is 1. The number of halogens is 1. The largest absolute Gasteiger partial charge is 0.494 e. The van der Waals surface area contributed by atoms with E-state index in [0.29, 0.717) is 31.0 Å². The SMILES string of the molecule is COc1ccc(NC(=O)N2CCC3(C2)Nc2cccnc2NC3=NC(C)(C)C)cc1F. The summed E-state index contributed by atoms with van der Waals surface area (Å²) in [5, 5.41) is 9.71. The van der Waals surface area contributed by atoms with E-state index in [4.69, 9.17) is 9.73 Å². The van der Waals surface area contributed by atoms with Gasteiger partial charge in [0.25, 0.3) is 0 Å². The van der Waals surface area contributed by atoms with E-state index in [-0.39, 0.29) is 17.3 Å². The molecule has 1 aromatic carbocycles. The number of likely N-dealkylation sites (tertiary alicyclic amines) is 1. The van der Waals surface area contributed by atoms with E-state index in [0.717, 1.165) is 11.5 Å². The first kappa shape index (κ1) is 20.9. The van der Waals surface area contributed by atoms with Crippen molar-refractivity contribution in [2.75, 3.05) is 36.1 Å². The number of amidine groups is 1. The summed E-state index contributed by atoms with van der Waals surface area (Å²) >= 11 is 0. The van der Waals surface area contributed by atoms with Crippen LogP contribution in [0.3, 0.4) is 0 Å². The quantitative estimate of drug-likeness (QED) is 0.677. The van der Waals surface area contributed by atoms with Gasteiger partial charge in [-0.15, -0.1) is 0 Å². The minimum Gasteiger partial charge on any atom is -0.494 e. The van der Waals surface area contributed by atoms with E-state index in [9.17, 15) is 9.18 Å². The fraction of sp³-hybridized carbons (Fsp3) is 0.409. The van der Waals surface area contributed by atoms with Crippen LogP contribution in [-0.4, -0.2) is 53.0 Å². The summed E-state index contributed by atoms with van der Waals surface area (Å²) in [6, 6.07) is 7.87. The maximum Gasteiger partial charge on any atom is 0.321 e. The predicted octanol–water partition coefficient (Wildman–Crippen LogP) is 3.94. The summed E-state index contributed by atoms with van der Waals surface area (Å²) in [6.45, 7) is 7.02. The number of anilines is 3. The number of nitrogens with one attached hydrogen (secondary N) is 3. The van der Waals surface area contributed by atoms with E-state index in [1.807, 2.05) is 32.9 Å². The van der Waals surface area contributed by atoms with Crippen LogP contribution >= 0.6 is 0 Å². The first-order valence-electron chi connectivity index (χ1n) is 10.2. The number of methoxy groups -OCH3 is 1. The zero-order valence-electron chi connectivity index (χ0n) is 18.1. The van der Waals surface area contributed by atoms with Crippen molar-refractivity contribution in [1.82, 2.24) is 9.88 Å². The number of fused-ring (bicyclic) bond motifs is 1. The van der Waals surface area contributed by atoms with Crippen LogP contribution in [-0.2, 0) is 0 Å². The Bertz CT molecular complexity index is 1030. The van der Waals surface area contributed by atoms with Gasteiger partial charge in [-0.2, -0.15) is 0 Å². The highest BCUT2D eigenvalue weighted by molar-refractivity contribution is 6.09. The highest BCUT2D eigenvalue weighted by atomic mass is 19.1. The molecule has 31 heavy (non-hydrogen) atoms. The Balaban J connectivity index is 1.56. The third-order valence-electron chi connectivity index (χ3n) is 5.28. The van der Waals surface area contributed by atoms with Gasteiger partial charge in [0.1, 0.15) is 11.4 Å². The van der Waals surface area contributed by atoms with Gasteiger partial charge < -0.3 is 25.6 Å². The van der Waals surface area contributed by atoms with Crippen molar-refractivity contribution in [3.8, 4) is 5.75 Å². The Kier molecular flexibility index (Phi) is 5.20. The number of aliphatic imine (C=N–C) groups is 1. The molecule has 0 bridgehead atoms. The lowest BCUT2D eigenvalue weighted by molar-refractivity contribution is 0.221. The van der Waals surface area contributed by atoms with E-state index in [1.54, 1.807) is 17.2 Å². The molecule has 0 saturated carbocycles. The summed E-state index contributed by atoms with van der Waals surface area (Å²) in [5.74, 6) is 1.08. The molecule has 3 N–H and O–H groups in total. The first-order chi connectivity index (χ1) is 14.7. The topological polar surface area (TPSA) is 90.9 Å². The van der Waals surface area contributed by atoms with Crippen LogP contribution in [0.15, 0.2) is 41.5 Å². The molecule has 2 amide bonds. The maximum atomic E-state index is 14.0. The number of aromatic nitrogens is 1. The van der Waals surface area contributed by atoms with Crippen LogP contribution in [0.2, 0.25) is 0 Å². The molecule has 1 fully saturated rings. The smallest absolute Gasteiger partial charge is 0.321 e. The van der Waals surface area contributed by atoms with Crippen LogP contribution in [0.25, 0.3) is 0 Å². The van der Waals surface area contributed by atoms with Gasteiger partial charge in [0, 0.05) is 24.5 Å². The van der Waals surface area contributed by atoms with E-state index in [2.05, 4.69) is 20.9 Å². The molecule has 3 heterocycles. The molecule has 164 valence electrons. The molecule has 0 radical (unpaired) electrons. The highest BCUT2D eigenvalue weighted by Gasteiger charge is 2.47. The van der Waals surface area contributed by atoms with Crippen LogP contribution in [0.5, 0.6) is 5.75 Å². The van der Waals surface area contributed by atoms with Gasteiger partial charge in [-0.25, -0.2) is 14.2 Å². The lowest BCUT2D eigenvalue weighted by Crippen LogP contribution is -2.55. The van der Waals surface area contributed by atoms with Crippen molar-refractivity contribution in [2.24, 2.45) is 4.99 Å². The number of carbonyl (C=O) groups is 1. The molecule has 1 spiro atoms. The van der Waals surface area contributed by atoms with Crippen molar-refractivity contribution in [3.05, 3.63) is 42.3 Å². The van der Waals surface area contributed by atoms with Gasteiger partial charge in [0.2, 0.25) is 0 Å². The summed E-state index contributed by atoms with van der Waals surface area (Å²) in [7, 11) is 1.40. The highest BCUT2D eigenvalue weighted by Crippen LogP contribution is 2.36. The van der Waals surface area contributed by atoms with Crippen molar-refractivity contribution in [2.45, 2.75) is 38.3 Å². The number of rotatable bonds is 2. The zero-order valence-corrected chi connectivity index (χ0v) is 18.1. The number of carbonyl (C=O) groups excluding carboxylic acids is 1. The Labute approximate surface area is 180 Å². The molecular formula is C22H27FN6O2. The normalized spacial score (nSPS) is 21.5. The van der Waals surface area contributed by atoms with Crippen molar-refractivity contribution in [3.63, 3.8) is 0 Å². The number of urea groups is 1. The number of hydrogen-bond donors (Lipinski definition) is 3. The van der Waals surface area contributed by atoms with Crippen LogP contribution in [0.1, 0.15) is 27.2 Å². The molecule has 2 aromatic rings. The van der Waals surface area contributed by atoms with E-state index in [1.165, 1.54) is 19.2 Å². The van der Waals surface area contributed by atoms with Crippen LogP contribution in [0, 0.1) is 5.82 Å². The lowest BCUT2D eigenvalue weighted by atomic mass is 9.93. The predicted molar refractivity (Wildman–Crippen MR) is 120 cm³/mol. The summed E-state index contributed by atoms with van der Waals surface area (Å²) in [4.78, 5) is 23.9. The van der Waals surface area contributed by atoms with Gasteiger partial charge in [0.15, 0.2) is 17.4 Å². The number of amides is 2. The van der Waals surface area contributed by atoms with Crippen LogP contribution in [0.4, 0.5) is 26.4 Å². The molecule has 0 aliphatic carbocycles. The Hall–Kier alpha value is -3.36. The summed E-state index contributed by atoms with van der Waals surface area (Å²) in [6.07, 6.45) is 2.40. The average molecular weight is 426 g/mol. The monoisotopic (exact) mass is 426 g/mol. The maximum absolute atomic E-state index is 14.0. The van der Waals surface area contributed by atoms with E-state index < -0.39 is 11.4 Å². The Morgan fingerprint density at radius 3 is 2.87 bits per heavy atom. The molecule has 1 atom stereocenters. The molecule has 9 heteroatoms. The fourth-order valence-electron chi connectivity index (χ4n) is 3.85. The third-order valence-corrected chi connectivity index (χ3v) is 5.28. The van der Waals surface area contributed by atoms with Crippen molar-refractivity contribution >= 4 is 29.1 Å². The minimum atomic E-state index is -0.550. The summed E-state index contributed by atoms with van der Waals surface area (Å²) in [5.41, 5.74) is 0.387. The second-order valence-corrected chi connectivity index (χ2v) is 8.81. The van der Waals surface area contributed by atoms with Gasteiger partial charge in [0.05, 0.1) is 24.9 Å². The standard InChI is InChI=1S/C22H27FN6O2/c1-21(2,3)28-19-22(27-16-6-5-10-24-18(16)26-19)9-11-29(13-22)20(30)25-14-7-8-17(31-4)15(23)12-14/h5-8,10,12,27H,9,11,13H2,1-4H3,(H,25,30)(H,24,26,28). The second-order valence-electron chi connectivity index (χ2n) is 8.81. The molecule has 2 aliphatic heterocycles.